The summed E-state index contributed by atoms with van der Waals surface area (Å²) in [6.45, 7) is 2.52. The van der Waals surface area contributed by atoms with Gasteiger partial charge in [0.25, 0.3) is 5.91 Å². The molecule has 1 saturated heterocycles. The van der Waals surface area contributed by atoms with Crippen LogP contribution in [0.25, 0.3) is 28.2 Å². The molecule has 1 aliphatic heterocycles. The Bertz CT molecular complexity index is 1590. The van der Waals surface area contributed by atoms with Gasteiger partial charge in [0.1, 0.15) is 5.69 Å². The van der Waals surface area contributed by atoms with E-state index in [1.54, 1.807) is 10.6 Å². The van der Waals surface area contributed by atoms with E-state index in [1.807, 2.05) is 89.8 Å². The summed E-state index contributed by atoms with van der Waals surface area (Å²) in [6, 6.07) is 28.9. The van der Waals surface area contributed by atoms with Gasteiger partial charge in [-0.05, 0) is 24.3 Å². The fraction of sp³-hybridized carbons (Fsp3) is 0.138. The average Bonchev–Trinajstić information content (AvgIpc) is 3.38. The van der Waals surface area contributed by atoms with Gasteiger partial charge in [-0.15, -0.1) is 0 Å². The number of carbonyl (C=O) groups excluding carboxylic acids is 1. The standard InChI is InChI=1S/C29H23Cl2N5O/c30-22-11-5-4-10-21(22)25-18-27(36-28(32-25)19-24(33-36)20-8-2-1-3-9-20)29(37)35-16-14-34(15-17-35)26-13-7-6-12-23(26)31/h1-13,18-19H,14-17H2. The van der Waals surface area contributed by atoms with Gasteiger partial charge >= 0.3 is 0 Å². The van der Waals surface area contributed by atoms with Gasteiger partial charge in [-0.3, -0.25) is 4.79 Å². The Labute approximate surface area is 224 Å². The first-order valence-electron chi connectivity index (χ1n) is 12.1. The Morgan fingerprint density at radius 2 is 1.41 bits per heavy atom. The van der Waals surface area contributed by atoms with Crippen LogP contribution < -0.4 is 4.90 Å². The van der Waals surface area contributed by atoms with Gasteiger partial charge in [0.15, 0.2) is 5.65 Å². The number of anilines is 1. The van der Waals surface area contributed by atoms with Crippen LogP contribution >= 0.6 is 23.2 Å². The minimum absolute atomic E-state index is 0.0952. The Hall–Kier alpha value is -3.87. The van der Waals surface area contributed by atoms with Gasteiger partial charge in [-0.25, -0.2) is 9.50 Å². The van der Waals surface area contributed by atoms with E-state index in [-0.39, 0.29) is 5.91 Å². The number of rotatable bonds is 4. The zero-order valence-corrected chi connectivity index (χ0v) is 21.4. The molecular formula is C29H23Cl2N5O. The summed E-state index contributed by atoms with van der Waals surface area (Å²) in [7, 11) is 0. The second kappa shape index (κ2) is 9.88. The highest BCUT2D eigenvalue weighted by atomic mass is 35.5. The normalized spacial score (nSPS) is 13.8. The van der Waals surface area contributed by atoms with Crippen molar-refractivity contribution in [2.24, 2.45) is 0 Å². The van der Waals surface area contributed by atoms with E-state index in [1.165, 1.54) is 0 Å². The zero-order valence-electron chi connectivity index (χ0n) is 19.9. The topological polar surface area (TPSA) is 53.7 Å². The molecule has 0 N–H and O–H groups in total. The summed E-state index contributed by atoms with van der Waals surface area (Å²) >= 11 is 12.9. The SMILES string of the molecule is O=C(c1cc(-c2ccccc2Cl)nc2cc(-c3ccccc3)nn12)N1CCN(c2ccccc2Cl)CC1. The summed E-state index contributed by atoms with van der Waals surface area (Å²) in [5.41, 5.74) is 5.15. The van der Waals surface area contributed by atoms with Crippen molar-refractivity contribution in [3.63, 3.8) is 0 Å². The summed E-state index contributed by atoms with van der Waals surface area (Å²) in [4.78, 5) is 22.8. The van der Waals surface area contributed by atoms with Gasteiger partial charge in [0.2, 0.25) is 0 Å². The average molecular weight is 528 g/mol. The molecular weight excluding hydrogens is 505 g/mol. The predicted molar refractivity (Wildman–Crippen MR) is 148 cm³/mol. The van der Waals surface area contributed by atoms with Crippen molar-refractivity contribution in [3.8, 4) is 22.5 Å². The lowest BCUT2D eigenvalue weighted by Crippen LogP contribution is -2.49. The number of piperazine rings is 1. The maximum Gasteiger partial charge on any atom is 0.272 e. The quantitative estimate of drug-likeness (QED) is 0.274. The molecule has 8 heteroatoms. The molecule has 0 unspecified atom stereocenters. The first-order chi connectivity index (χ1) is 18.1. The van der Waals surface area contributed by atoms with Crippen LogP contribution in [0.2, 0.25) is 10.0 Å². The molecule has 1 aliphatic rings. The first kappa shape index (κ1) is 23.5. The van der Waals surface area contributed by atoms with E-state index in [4.69, 9.17) is 33.3 Å². The van der Waals surface area contributed by atoms with E-state index < -0.39 is 0 Å². The van der Waals surface area contributed by atoms with E-state index in [2.05, 4.69) is 4.90 Å². The van der Waals surface area contributed by atoms with Crippen molar-refractivity contribution >= 4 is 40.4 Å². The van der Waals surface area contributed by atoms with Crippen molar-refractivity contribution in [2.75, 3.05) is 31.1 Å². The third-order valence-electron chi connectivity index (χ3n) is 6.63. The van der Waals surface area contributed by atoms with Gasteiger partial charge in [0, 0.05) is 48.4 Å². The third kappa shape index (κ3) is 4.54. The lowest BCUT2D eigenvalue weighted by molar-refractivity contribution is 0.0738. The number of aromatic nitrogens is 3. The Morgan fingerprint density at radius 1 is 0.730 bits per heavy atom. The van der Waals surface area contributed by atoms with Gasteiger partial charge < -0.3 is 9.80 Å². The number of fused-ring (bicyclic) bond motifs is 1. The van der Waals surface area contributed by atoms with Crippen LogP contribution in [0.5, 0.6) is 0 Å². The molecule has 2 aromatic heterocycles. The molecule has 37 heavy (non-hydrogen) atoms. The number of nitrogens with zero attached hydrogens (tertiary/aromatic N) is 5. The second-order valence-corrected chi connectivity index (χ2v) is 9.72. The Morgan fingerprint density at radius 3 is 2.14 bits per heavy atom. The van der Waals surface area contributed by atoms with Crippen molar-refractivity contribution in [1.82, 2.24) is 19.5 Å². The molecule has 3 heterocycles. The van der Waals surface area contributed by atoms with Crippen LogP contribution in [0, 0.1) is 0 Å². The molecule has 1 amide bonds. The number of carbonyl (C=O) groups is 1. The molecule has 0 bridgehead atoms. The molecule has 1 fully saturated rings. The maximum atomic E-state index is 13.9. The monoisotopic (exact) mass is 527 g/mol. The third-order valence-corrected chi connectivity index (χ3v) is 7.27. The molecule has 3 aromatic carbocycles. The number of halogens is 2. The van der Waals surface area contributed by atoms with Crippen molar-refractivity contribution in [2.45, 2.75) is 0 Å². The first-order valence-corrected chi connectivity index (χ1v) is 12.8. The fourth-order valence-electron chi connectivity index (χ4n) is 4.70. The number of hydrogen-bond acceptors (Lipinski definition) is 4. The van der Waals surface area contributed by atoms with Crippen molar-refractivity contribution in [1.29, 1.82) is 0 Å². The molecule has 184 valence electrons. The van der Waals surface area contributed by atoms with Crippen LogP contribution in [0.3, 0.4) is 0 Å². The fourth-order valence-corrected chi connectivity index (χ4v) is 5.19. The summed E-state index contributed by atoms with van der Waals surface area (Å²) < 4.78 is 1.64. The van der Waals surface area contributed by atoms with Crippen molar-refractivity contribution in [3.05, 3.63) is 107 Å². The van der Waals surface area contributed by atoms with E-state index in [9.17, 15) is 4.79 Å². The van der Waals surface area contributed by atoms with Crippen LogP contribution in [0.4, 0.5) is 5.69 Å². The van der Waals surface area contributed by atoms with Crippen molar-refractivity contribution < 1.29 is 4.79 Å². The molecule has 0 atom stereocenters. The molecule has 5 aromatic rings. The molecule has 0 saturated carbocycles. The summed E-state index contributed by atoms with van der Waals surface area (Å²) in [6.07, 6.45) is 0. The molecule has 0 radical (unpaired) electrons. The number of amides is 1. The Kier molecular flexibility index (Phi) is 6.28. The van der Waals surface area contributed by atoms with Gasteiger partial charge in [-0.2, -0.15) is 5.10 Å². The van der Waals surface area contributed by atoms with Gasteiger partial charge in [0.05, 0.1) is 22.1 Å². The van der Waals surface area contributed by atoms with Crippen LogP contribution in [-0.4, -0.2) is 51.6 Å². The van der Waals surface area contributed by atoms with Gasteiger partial charge in [-0.1, -0.05) is 83.9 Å². The zero-order chi connectivity index (χ0) is 25.4. The largest absolute Gasteiger partial charge is 0.367 e. The van der Waals surface area contributed by atoms with Crippen LogP contribution in [0.15, 0.2) is 91.0 Å². The summed E-state index contributed by atoms with van der Waals surface area (Å²) in [5, 5.41) is 6.07. The van der Waals surface area contributed by atoms with E-state index in [0.29, 0.717) is 53.3 Å². The maximum absolute atomic E-state index is 13.9. The highest BCUT2D eigenvalue weighted by Crippen LogP contribution is 2.30. The van der Waals surface area contributed by atoms with Crippen LogP contribution in [0.1, 0.15) is 10.5 Å². The van der Waals surface area contributed by atoms with E-state index in [0.717, 1.165) is 22.5 Å². The lowest BCUT2D eigenvalue weighted by atomic mass is 10.1. The minimum atomic E-state index is -0.0952. The Balaban J connectivity index is 1.38. The second-order valence-electron chi connectivity index (χ2n) is 8.90. The van der Waals surface area contributed by atoms with E-state index >= 15 is 0 Å². The minimum Gasteiger partial charge on any atom is -0.367 e. The number of hydrogen-bond donors (Lipinski definition) is 0. The molecule has 0 aliphatic carbocycles. The number of benzene rings is 3. The molecule has 6 rings (SSSR count). The smallest absolute Gasteiger partial charge is 0.272 e. The van der Waals surface area contributed by atoms with Crippen LogP contribution in [-0.2, 0) is 0 Å². The molecule has 0 spiro atoms. The number of para-hydroxylation sites is 1. The highest BCUT2D eigenvalue weighted by Gasteiger charge is 2.26. The molecule has 6 nitrogen and oxygen atoms in total. The predicted octanol–water partition coefficient (Wildman–Crippen LogP) is 6.33. The lowest BCUT2D eigenvalue weighted by Gasteiger charge is -2.36. The highest BCUT2D eigenvalue weighted by molar-refractivity contribution is 6.33. The summed E-state index contributed by atoms with van der Waals surface area (Å²) in [5.74, 6) is -0.0952.